The lowest BCUT2D eigenvalue weighted by Gasteiger charge is -2.27. The standard InChI is InChI=1S/C18H24N4O2/c23-17-10-4-1-6-14(17)7-5-11-19-18(24)15-8-2-3-9-16(15)22-13-12-20-21-22/h2-3,8-9,12-14,17,23H,1,4-7,10-11H2,(H,19,24). The molecule has 0 bridgehead atoms. The molecule has 6 nitrogen and oxygen atoms in total. The van der Waals surface area contributed by atoms with Gasteiger partial charge in [-0.15, -0.1) is 5.10 Å². The number of carbonyl (C=O) groups excluding carboxylic acids is 1. The van der Waals surface area contributed by atoms with Crippen LogP contribution in [-0.4, -0.2) is 38.7 Å². The SMILES string of the molecule is O=C(NCCCC1CCCCC1O)c1ccccc1-n1ccnn1. The number of aromatic nitrogens is 3. The second kappa shape index (κ2) is 8.06. The van der Waals surface area contributed by atoms with Crippen LogP contribution >= 0.6 is 0 Å². The van der Waals surface area contributed by atoms with Crippen molar-refractivity contribution in [3.8, 4) is 5.69 Å². The monoisotopic (exact) mass is 328 g/mol. The van der Waals surface area contributed by atoms with Gasteiger partial charge < -0.3 is 10.4 Å². The van der Waals surface area contributed by atoms with E-state index in [-0.39, 0.29) is 12.0 Å². The second-order valence-corrected chi connectivity index (χ2v) is 6.37. The van der Waals surface area contributed by atoms with Gasteiger partial charge in [-0.05, 0) is 43.7 Å². The molecule has 1 aliphatic carbocycles. The molecule has 2 atom stereocenters. The van der Waals surface area contributed by atoms with Crippen LogP contribution in [0, 0.1) is 5.92 Å². The van der Waals surface area contributed by atoms with Crippen molar-refractivity contribution in [1.82, 2.24) is 20.3 Å². The van der Waals surface area contributed by atoms with Crippen LogP contribution in [0.15, 0.2) is 36.7 Å². The topological polar surface area (TPSA) is 80.0 Å². The summed E-state index contributed by atoms with van der Waals surface area (Å²) in [5.74, 6) is 0.281. The third-order valence-electron chi connectivity index (χ3n) is 4.72. The summed E-state index contributed by atoms with van der Waals surface area (Å²) < 4.78 is 1.59. The highest BCUT2D eigenvalue weighted by Crippen LogP contribution is 2.27. The van der Waals surface area contributed by atoms with Gasteiger partial charge in [-0.3, -0.25) is 4.79 Å². The number of nitrogens with one attached hydrogen (secondary N) is 1. The van der Waals surface area contributed by atoms with Crippen LogP contribution < -0.4 is 5.32 Å². The van der Waals surface area contributed by atoms with E-state index in [0.29, 0.717) is 18.0 Å². The predicted molar refractivity (Wildman–Crippen MR) is 90.9 cm³/mol. The van der Waals surface area contributed by atoms with Crippen LogP contribution in [0.2, 0.25) is 0 Å². The number of para-hydroxylation sites is 1. The van der Waals surface area contributed by atoms with E-state index >= 15 is 0 Å². The number of aliphatic hydroxyl groups excluding tert-OH is 1. The van der Waals surface area contributed by atoms with Crippen LogP contribution in [0.25, 0.3) is 5.69 Å². The fourth-order valence-corrected chi connectivity index (χ4v) is 3.39. The van der Waals surface area contributed by atoms with Crippen LogP contribution in [-0.2, 0) is 0 Å². The van der Waals surface area contributed by atoms with Gasteiger partial charge in [0.1, 0.15) is 0 Å². The lowest BCUT2D eigenvalue weighted by Crippen LogP contribution is -2.28. The molecule has 1 saturated carbocycles. The van der Waals surface area contributed by atoms with Crippen molar-refractivity contribution in [2.75, 3.05) is 6.54 Å². The molecule has 1 aromatic heterocycles. The van der Waals surface area contributed by atoms with Crippen molar-refractivity contribution in [3.63, 3.8) is 0 Å². The normalized spacial score (nSPS) is 20.7. The van der Waals surface area contributed by atoms with Gasteiger partial charge in [0.15, 0.2) is 0 Å². The molecule has 0 spiro atoms. The highest BCUT2D eigenvalue weighted by Gasteiger charge is 2.22. The van der Waals surface area contributed by atoms with E-state index < -0.39 is 0 Å². The molecule has 24 heavy (non-hydrogen) atoms. The molecule has 2 aromatic rings. The molecule has 6 heteroatoms. The summed E-state index contributed by atoms with van der Waals surface area (Å²) in [6.07, 6.45) is 9.35. The number of aliphatic hydroxyl groups is 1. The van der Waals surface area contributed by atoms with Crippen molar-refractivity contribution in [1.29, 1.82) is 0 Å². The Kier molecular flexibility index (Phi) is 5.59. The molecule has 0 saturated heterocycles. The highest BCUT2D eigenvalue weighted by molar-refractivity contribution is 5.97. The van der Waals surface area contributed by atoms with Crippen LogP contribution in [0.1, 0.15) is 48.9 Å². The minimum absolute atomic E-state index is 0.106. The Morgan fingerprint density at radius 2 is 2.12 bits per heavy atom. The van der Waals surface area contributed by atoms with Crippen molar-refractivity contribution >= 4 is 5.91 Å². The first-order valence-electron chi connectivity index (χ1n) is 8.67. The van der Waals surface area contributed by atoms with E-state index in [0.717, 1.165) is 37.8 Å². The van der Waals surface area contributed by atoms with Gasteiger partial charge in [0, 0.05) is 6.54 Å². The van der Waals surface area contributed by atoms with Gasteiger partial charge in [-0.2, -0.15) is 0 Å². The van der Waals surface area contributed by atoms with E-state index in [4.69, 9.17) is 0 Å². The van der Waals surface area contributed by atoms with Crippen molar-refractivity contribution in [2.45, 2.75) is 44.6 Å². The summed E-state index contributed by atoms with van der Waals surface area (Å²) in [6.45, 7) is 0.619. The van der Waals surface area contributed by atoms with E-state index in [1.54, 1.807) is 23.1 Å². The second-order valence-electron chi connectivity index (χ2n) is 6.37. The average Bonchev–Trinajstić information content (AvgIpc) is 3.14. The quantitative estimate of drug-likeness (QED) is 0.798. The summed E-state index contributed by atoms with van der Waals surface area (Å²) in [4.78, 5) is 12.5. The maximum absolute atomic E-state index is 12.5. The fourth-order valence-electron chi connectivity index (χ4n) is 3.39. The average molecular weight is 328 g/mol. The molecule has 1 heterocycles. The number of rotatable bonds is 6. The molecule has 1 aliphatic rings. The Hall–Kier alpha value is -2.21. The highest BCUT2D eigenvalue weighted by atomic mass is 16.3. The number of hydrogen-bond donors (Lipinski definition) is 2. The first kappa shape index (κ1) is 16.6. The van der Waals surface area contributed by atoms with E-state index in [1.807, 2.05) is 18.2 Å². The molecule has 1 aromatic carbocycles. The molecule has 2 unspecified atom stereocenters. The lowest BCUT2D eigenvalue weighted by atomic mass is 9.83. The Bertz CT molecular complexity index is 657. The first-order chi connectivity index (χ1) is 11.8. The molecule has 1 amide bonds. The Labute approximate surface area is 141 Å². The van der Waals surface area contributed by atoms with Gasteiger partial charge in [0.2, 0.25) is 0 Å². The van der Waals surface area contributed by atoms with Gasteiger partial charge in [-0.25, -0.2) is 4.68 Å². The number of amides is 1. The van der Waals surface area contributed by atoms with Gasteiger partial charge in [0.25, 0.3) is 5.91 Å². The maximum atomic E-state index is 12.5. The zero-order chi connectivity index (χ0) is 16.8. The van der Waals surface area contributed by atoms with E-state index in [2.05, 4.69) is 15.6 Å². The third kappa shape index (κ3) is 4.00. The lowest BCUT2D eigenvalue weighted by molar-refractivity contribution is 0.0641. The molecular formula is C18H24N4O2. The summed E-state index contributed by atoms with van der Waals surface area (Å²) in [5, 5.41) is 20.7. The summed E-state index contributed by atoms with van der Waals surface area (Å²) >= 11 is 0. The van der Waals surface area contributed by atoms with Crippen molar-refractivity contribution in [3.05, 3.63) is 42.2 Å². The van der Waals surface area contributed by atoms with Gasteiger partial charge in [-0.1, -0.05) is 30.2 Å². The molecule has 2 N–H and O–H groups in total. The molecule has 1 fully saturated rings. The minimum Gasteiger partial charge on any atom is -0.393 e. The number of nitrogens with zero attached hydrogens (tertiary/aromatic N) is 3. The zero-order valence-electron chi connectivity index (χ0n) is 13.8. The van der Waals surface area contributed by atoms with Gasteiger partial charge in [0.05, 0.1) is 29.7 Å². The Balaban J connectivity index is 1.52. The Morgan fingerprint density at radius 3 is 2.92 bits per heavy atom. The van der Waals surface area contributed by atoms with Crippen molar-refractivity contribution in [2.24, 2.45) is 5.92 Å². The number of hydrogen-bond acceptors (Lipinski definition) is 4. The summed E-state index contributed by atoms with van der Waals surface area (Å²) in [7, 11) is 0. The zero-order valence-corrected chi connectivity index (χ0v) is 13.8. The maximum Gasteiger partial charge on any atom is 0.253 e. The molecule has 0 radical (unpaired) electrons. The smallest absolute Gasteiger partial charge is 0.253 e. The van der Waals surface area contributed by atoms with Crippen LogP contribution in [0.5, 0.6) is 0 Å². The molecule has 128 valence electrons. The van der Waals surface area contributed by atoms with Crippen LogP contribution in [0.3, 0.4) is 0 Å². The first-order valence-corrected chi connectivity index (χ1v) is 8.67. The molecular weight excluding hydrogens is 304 g/mol. The van der Waals surface area contributed by atoms with E-state index in [1.165, 1.54) is 6.42 Å². The number of benzene rings is 1. The van der Waals surface area contributed by atoms with Crippen LogP contribution in [0.4, 0.5) is 0 Å². The predicted octanol–water partition coefficient (Wildman–Crippen LogP) is 2.33. The van der Waals surface area contributed by atoms with Crippen molar-refractivity contribution < 1.29 is 9.90 Å². The third-order valence-corrected chi connectivity index (χ3v) is 4.72. The largest absolute Gasteiger partial charge is 0.393 e. The number of carbonyl (C=O) groups is 1. The minimum atomic E-state index is -0.164. The summed E-state index contributed by atoms with van der Waals surface area (Å²) in [5.41, 5.74) is 1.30. The summed E-state index contributed by atoms with van der Waals surface area (Å²) in [6, 6.07) is 7.35. The van der Waals surface area contributed by atoms with E-state index in [9.17, 15) is 9.90 Å². The molecule has 3 rings (SSSR count). The van der Waals surface area contributed by atoms with Gasteiger partial charge >= 0.3 is 0 Å². The Morgan fingerprint density at radius 1 is 1.29 bits per heavy atom. The fraction of sp³-hybridized carbons (Fsp3) is 0.500. The molecule has 0 aliphatic heterocycles.